The highest BCUT2D eigenvalue weighted by atomic mass is 32.2. The number of epoxide rings is 1. The topological polar surface area (TPSA) is 285 Å². The minimum Gasteiger partial charge on any atom is -0.460 e. The van der Waals surface area contributed by atoms with Crippen molar-refractivity contribution >= 4 is 50.8 Å². The first-order chi connectivity index (χ1) is 31.3. The maximum Gasteiger partial charge on any atom is 0.369 e. The Labute approximate surface area is 416 Å². The fourth-order valence-electron chi connectivity index (χ4n) is 7.22. The number of thioether (sulfide) groups is 1. The minimum atomic E-state index is -5.57. The number of esters is 3. The van der Waals surface area contributed by atoms with E-state index in [9.17, 15) is 58.1 Å². The van der Waals surface area contributed by atoms with Gasteiger partial charge >= 0.3 is 33.1 Å². The van der Waals surface area contributed by atoms with Crippen LogP contribution in [-0.2, 0) is 52.0 Å². The zero-order valence-corrected chi connectivity index (χ0v) is 46.7. The molecule has 1 aliphatic heterocycles. The molecule has 1 rings (SSSR count). The summed E-state index contributed by atoms with van der Waals surface area (Å²) < 4.78 is 52.6. The van der Waals surface area contributed by atoms with Gasteiger partial charge in [-0.2, -0.15) is 11.8 Å². The number of nitrogens with one attached hydrogen (secondary N) is 1. The van der Waals surface area contributed by atoms with Crippen molar-refractivity contribution in [2.24, 2.45) is 22.7 Å². The van der Waals surface area contributed by atoms with Gasteiger partial charge in [-0.05, 0) is 120 Å². The number of aliphatic hydroxyl groups is 2. The van der Waals surface area contributed by atoms with E-state index in [2.05, 4.69) is 19.2 Å². The third-order valence-electron chi connectivity index (χ3n) is 14.1. The van der Waals surface area contributed by atoms with Gasteiger partial charge in [0.2, 0.25) is 5.91 Å². The summed E-state index contributed by atoms with van der Waals surface area (Å²) in [7, 11) is -11.1. The largest absolute Gasteiger partial charge is 0.460 e. The van der Waals surface area contributed by atoms with Crippen LogP contribution >= 0.6 is 27.0 Å². The predicted octanol–water partition coefficient (Wildman–Crippen LogP) is 8.15. The average molecular weight is 1050 g/mol. The number of ether oxygens (including phenoxy) is 5. The number of unbranched alkanes of at least 4 members (excludes halogenated alkanes) is 1. The molecule has 1 heterocycles. The Bertz CT molecular complexity index is 1690. The zero-order chi connectivity index (χ0) is 53.3. The van der Waals surface area contributed by atoms with Crippen molar-refractivity contribution in [3.8, 4) is 0 Å². The van der Waals surface area contributed by atoms with Crippen molar-refractivity contribution in [1.29, 1.82) is 0 Å². The molecule has 0 bridgehead atoms. The lowest BCUT2D eigenvalue weighted by molar-refractivity contribution is -0.177. The van der Waals surface area contributed by atoms with Crippen molar-refractivity contribution in [3.63, 3.8) is 0 Å². The van der Waals surface area contributed by atoms with Gasteiger partial charge in [0.25, 0.3) is 5.08 Å². The summed E-state index contributed by atoms with van der Waals surface area (Å²) in [5.74, 6) is -1.34. The quantitative estimate of drug-likeness (QED) is 0.0102. The van der Waals surface area contributed by atoms with Gasteiger partial charge in [0.1, 0.15) is 16.8 Å². The van der Waals surface area contributed by atoms with Gasteiger partial charge in [-0.25, -0.2) is 0 Å². The molecule has 0 aromatic carbocycles. The van der Waals surface area contributed by atoms with E-state index in [0.717, 1.165) is 19.3 Å². The SMILES string of the molecule is CCC(C)(C)OC(=O)CCCCC(C)(C)C(C)(C)OC(=O)C(CCCC(C)(C)C(C)(C)OC(=O)C(CCCC(C)(C)O)COCCSCCC(=O)NCCCC(O)(P(=O)(O)O)P(=O)(O)O)CC1CO1. The molecule has 0 radical (unpaired) electrons. The monoisotopic (exact) mass is 1050 g/mol. The molecule has 0 aromatic rings. The van der Waals surface area contributed by atoms with Crippen molar-refractivity contribution in [3.05, 3.63) is 0 Å². The molecule has 406 valence electrons. The summed E-state index contributed by atoms with van der Waals surface area (Å²) >= 11 is 1.42. The lowest BCUT2D eigenvalue weighted by atomic mass is 9.72. The van der Waals surface area contributed by atoms with E-state index in [-0.39, 0.29) is 62.0 Å². The first-order valence-electron chi connectivity index (χ1n) is 24.6. The smallest absolute Gasteiger partial charge is 0.369 e. The molecule has 21 heteroatoms. The van der Waals surface area contributed by atoms with Gasteiger partial charge in [-0.1, -0.05) is 47.5 Å². The van der Waals surface area contributed by atoms with E-state index in [1.165, 1.54) is 11.8 Å². The number of rotatable bonds is 37. The Morgan fingerprint density at radius 2 is 1.19 bits per heavy atom. The molecule has 0 aliphatic carbocycles. The molecule has 3 atom stereocenters. The molecule has 0 spiro atoms. The van der Waals surface area contributed by atoms with Gasteiger partial charge in [0, 0.05) is 48.1 Å². The van der Waals surface area contributed by atoms with Crippen LogP contribution in [0.25, 0.3) is 0 Å². The van der Waals surface area contributed by atoms with Gasteiger partial charge in [-0.15, -0.1) is 0 Å². The maximum absolute atomic E-state index is 13.9. The van der Waals surface area contributed by atoms with E-state index >= 15 is 0 Å². The highest BCUT2D eigenvalue weighted by Crippen LogP contribution is 2.69. The molecule has 0 aromatic heterocycles. The Balaban J connectivity index is 2.76. The summed E-state index contributed by atoms with van der Waals surface area (Å²) in [6.07, 6.45) is 6.12. The first kappa shape index (κ1) is 65.4. The van der Waals surface area contributed by atoms with Crippen LogP contribution < -0.4 is 5.32 Å². The number of carbonyl (C=O) groups excluding carboxylic acids is 4. The second-order valence-electron chi connectivity index (χ2n) is 22.4. The Kier molecular flexibility index (Phi) is 26.2. The summed E-state index contributed by atoms with van der Waals surface area (Å²) in [6.45, 7) is 26.0. The second kappa shape index (κ2) is 27.6. The van der Waals surface area contributed by atoms with Gasteiger partial charge in [0.15, 0.2) is 0 Å². The molecule has 1 saturated heterocycles. The van der Waals surface area contributed by atoms with E-state index < -0.39 is 72.3 Å². The molecule has 1 aliphatic rings. The molecule has 18 nitrogen and oxygen atoms in total. The van der Waals surface area contributed by atoms with Crippen LogP contribution in [0, 0.1) is 22.7 Å². The minimum absolute atomic E-state index is 0.0183. The van der Waals surface area contributed by atoms with Crippen LogP contribution in [-0.4, -0.2) is 125 Å². The van der Waals surface area contributed by atoms with Crippen LogP contribution in [0.15, 0.2) is 0 Å². The van der Waals surface area contributed by atoms with Crippen LogP contribution in [0.3, 0.4) is 0 Å². The van der Waals surface area contributed by atoms with Gasteiger partial charge in [0.05, 0.1) is 43.4 Å². The molecule has 7 N–H and O–H groups in total. The standard InChI is InChI=1S/C48H91NO17P2S/c1-14-45(8,9)64-39(51)22-15-16-24-42(2,3)46(10,11)65-40(52)35(32-37-34-63-37)20-17-25-43(4,5)47(12,13)66-41(53)36(21-18-26-44(6,7)54)33-62-29-31-69-30-23-38(50)49-28-19-27-48(55,67(56,57)58)68(59,60)61/h35-37,54-55H,14-34H2,1-13H3,(H,49,50)(H2,56,57,58)(H2,59,60,61). The fourth-order valence-corrected chi connectivity index (χ4v) is 10.2. The highest BCUT2D eigenvalue weighted by Gasteiger charge is 2.58. The van der Waals surface area contributed by atoms with Crippen LogP contribution in [0.5, 0.6) is 0 Å². The lowest BCUT2D eigenvalue weighted by Crippen LogP contribution is -2.45. The maximum atomic E-state index is 13.9. The predicted molar refractivity (Wildman–Crippen MR) is 266 cm³/mol. The van der Waals surface area contributed by atoms with Gasteiger partial charge in [-0.3, -0.25) is 28.3 Å². The van der Waals surface area contributed by atoms with Gasteiger partial charge < -0.3 is 58.8 Å². The molecule has 69 heavy (non-hydrogen) atoms. The van der Waals surface area contributed by atoms with Crippen molar-refractivity contribution in [2.45, 2.75) is 220 Å². The lowest BCUT2D eigenvalue weighted by Gasteiger charge is -2.42. The average Bonchev–Trinajstić information content (AvgIpc) is 4.01. The van der Waals surface area contributed by atoms with Crippen LogP contribution in [0.1, 0.15) is 186 Å². The molecule has 3 unspecified atom stereocenters. The van der Waals surface area contributed by atoms with Crippen molar-refractivity contribution in [1.82, 2.24) is 5.32 Å². The van der Waals surface area contributed by atoms with E-state index in [1.54, 1.807) is 13.8 Å². The normalized spacial score (nSPS) is 16.4. The Morgan fingerprint density at radius 1 is 0.681 bits per heavy atom. The van der Waals surface area contributed by atoms with E-state index in [4.69, 9.17) is 23.7 Å². The summed E-state index contributed by atoms with van der Waals surface area (Å²) in [5.41, 5.74) is -3.94. The highest BCUT2D eigenvalue weighted by molar-refractivity contribution is 7.99. The zero-order valence-electron chi connectivity index (χ0n) is 44.1. The number of carbonyl (C=O) groups is 4. The second-order valence-corrected chi connectivity index (χ2v) is 27.6. The molecule has 0 saturated carbocycles. The first-order valence-corrected chi connectivity index (χ1v) is 29.0. The number of hydrogen-bond donors (Lipinski definition) is 7. The number of hydrogen-bond acceptors (Lipinski definition) is 14. The molecular weight excluding hydrogens is 957 g/mol. The van der Waals surface area contributed by atoms with E-state index in [0.29, 0.717) is 75.9 Å². The summed E-state index contributed by atoms with van der Waals surface area (Å²) in [6, 6.07) is 0. The van der Waals surface area contributed by atoms with Crippen LogP contribution in [0.2, 0.25) is 0 Å². The summed E-state index contributed by atoms with van der Waals surface area (Å²) in [5, 5.41) is 19.3. The van der Waals surface area contributed by atoms with Crippen LogP contribution in [0.4, 0.5) is 0 Å². The van der Waals surface area contributed by atoms with Crippen molar-refractivity contribution in [2.75, 3.05) is 37.9 Å². The van der Waals surface area contributed by atoms with Crippen molar-refractivity contribution < 1.29 is 81.8 Å². The van der Waals surface area contributed by atoms with E-state index in [1.807, 2.05) is 62.3 Å². The Hall–Kier alpha value is -1.63. The third-order valence-corrected chi connectivity index (χ3v) is 18.9. The molecule has 1 fully saturated rings. The number of amides is 1. The third kappa shape index (κ3) is 23.9. The molecular formula is C48H91NO17P2S. The summed E-state index contributed by atoms with van der Waals surface area (Å²) in [4.78, 5) is 89.4. The Morgan fingerprint density at radius 3 is 1.70 bits per heavy atom. The molecule has 1 amide bonds. The fraction of sp³-hybridized carbons (Fsp3) is 0.917.